The Hall–Kier alpha value is -0.960. The number of aromatic nitrogens is 1. The van der Waals surface area contributed by atoms with Crippen molar-refractivity contribution in [1.82, 2.24) is 4.98 Å². The first kappa shape index (κ1) is 11.1. The van der Waals surface area contributed by atoms with Crippen molar-refractivity contribution in [3.8, 4) is 0 Å². The topological polar surface area (TPSA) is 38.9 Å². The van der Waals surface area contributed by atoms with Gasteiger partial charge in [-0.25, -0.2) is 4.39 Å². The van der Waals surface area contributed by atoms with Crippen molar-refractivity contribution in [2.45, 2.75) is 26.8 Å². The van der Waals surface area contributed by atoms with E-state index in [4.69, 9.17) is 5.73 Å². The van der Waals surface area contributed by atoms with Crippen LogP contribution in [-0.4, -0.2) is 4.98 Å². The lowest BCUT2D eigenvalue weighted by molar-refractivity contribution is 0.347. The zero-order valence-corrected chi connectivity index (χ0v) is 8.87. The highest BCUT2D eigenvalue weighted by molar-refractivity contribution is 5.10. The molecule has 78 valence electrons. The van der Waals surface area contributed by atoms with Crippen molar-refractivity contribution in [2.75, 3.05) is 0 Å². The van der Waals surface area contributed by atoms with E-state index in [9.17, 15) is 4.39 Å². The fourth-order valence-electron chi connectivity index (χ4n) is 1.27. The van der Waals surface area contributed by atoms with Gasteiger partial charge in [0.15, 0.2) is 0 Å². The maximum absolute atomic E-state index is 12.6. The Morgan fingerprint density at radius 3 is 2.36 bits per heavy atom. The molecule has 2 N–H and O–H groups in total. The molecule has 1 aromatic heterocycles. The van der Waals surface area contributed by atoms with Crippen molar-refractivity contribution >= 4 is 0 Å². The van der Waals surface area contributed by atoms with Gasteiger partial charge in [0.2, 0.25) is 0 Å². The Morgan fingerprint density at radius 2 is 1.93 bits per heavy atom. The molecule has 2 atom stereocenters. The van der Waals surface area contributed by atoms with Crippen LogP contribution in [0.2, 0.25) is 0 Å². The van der Waals surface area contributed by atoms with Crippen LogP contribution < -0.4 is 5.73 Å². The van der Waals surface area contributed by atoms with Gasteiger partial charge in [0.1, 0.15) is 5.82 Å². The molecule has 0 spiro atoms. The first-order valence-electron chi connectivity index (χ1n) is 4.89. The molecule has 0 saturated heterocycles. The summed E-state index contributed by atoms with van der Waals surface area (Å²) in [6.07, 6.45) is 1.21. The molecule has 0 aliphatic carbocycles. The first-order chi connectivity index (χ1) is 6.52. The molecule has 0 amide bonds. The maximum Gasteiger partial charge on any atom is 0.141 e. The molecule has 3 heteroatoms. The van der Waals surface area contributed by atoms with Gasteiger partial charge in [-0.15, -0.1) is 0 Å². The third-order valence-electron chi connectivity index (χ3n) is 2.71. The Morgan fingerprint density at radius 1 is 1.29 bits per heavy atom. The van der Waals surface area contributed by atoms with Crippen LogP contribution in [0, 0.1) is 17.7 Å². The fourth-order valence-corrected chi connectivity index (χ4v) is 1.27. The van der Waals surface area contributed by atoms with E-state index >= 15 is 0 Å². The van der Waals surface area contributed by atoms with Crippen LogP contribution in [0.15, 0.2) is 18.3 Å². The number of hydrogen-bond donors (Lipinski definition) is 1. The summed E-state index contributed by atoms with van der Waals surface area (Å²) in [5, 5.41) is 0. The van der Waals surface area contributed by atoms with Crippen LogP contribution in [0.1, 0.15) is 32.5 Å². The summed E-state index contributed by atoms with van der Waals surface area (Å²) in [6, 6.07) is 2.93. The lowest BCUT2D eigenvalue weighted by atomic mass is 9.89. The largest absolute Gasteiger partial charge is 0.322 e. The maximum atomic E-state index is 12.6. The highest BCUT2D eigenvalue weighted by atomic mass is 19.1. The fraction of sp³-hybridized carbons (Fsp3) is 0.545. The summed E-state index contributed by atoms with van der Waals surface area (Å²) < 4.78 is 12.6. The summed E-state index contributed by atoms with van der Waals surface area (Å²) in [5.41, 5.74) is 6.76. The van der Waals surface area contributed by atoms with E-state index in [-0.39, 0.29) is 11.9 Å². The van der Waals surface area contributed by atoms with E-state index in [1.54, 1.807) is 6.07 Å². The molecule has 1 heterocycles. The zero-order valence-electron chi connectivity index (χ0n) is 8.87. The minimum atomic E-state index is -0.321. The molecule has 0 bridgehead atoms. The molecule has 0 aromatic carbocycles. The monoisotopic (exact) mass is 196 g/mol. The third kappa shape index (κ3) is 2.51. The number of hydrogen-bond acceptors (Lipinski definition) is 2. The van der Waals surface area contributed by atoms with Gasteiger partial charge in [-0.2, -0.15) is 0 Å². The van der Waals surface area contributed by atoms with Crippen LogP contribution in [0.4, 0.5) is 4.39 Å². The van der Waals surface area contributed by atoms with Crippen LogP contribution in [0.5, 0.6) is 0 Å². The van der Waals surface area contributed by atoms with Crippen LogP contribution in [0.25, 0.3) is 0 Å². The van der Waals surface area contributed by atoms with Gasteiger partial charge in [-0.05, 0) is 24.0 Å². The molecule has 1 aromatic rings. The molecular formula is C11H17FN2. The molecule has 0 saturated carbocycles. The molecule has 0 aliphatic heterocycles. The quantitative estimate of drug-likeness (QED) is 0.806. The normalized spacial score (nSPS) is 15.6. The second-order valence-electron chi connectivity index (χ2n) is 4.03. The van der Waals surface area contributed by atoms with Gasteiger partial charge in [-0.3, -0.25) is 4.98 Å². The van der Waals surface area contributed by atoms with Crippen LogP contribution in [0.3, 0.4) is 0 Å². The summed E-state index contributed by atoms with van der Waals surface area (Å²) in [6.45, 7) is 6.32. The highest BCUT2D eigenvalue weighted by Gasteiger charge is 2.18. The summed E-state index contributed by atoms with van der Waals surface area (Å²) in [5.74, 6) is 0.517. The summed E-state index contributed by atoms with van der Waals surface area (Å²) in [4.78, 5) is 3.98. The van der Waals surface area contributed by atoms with Crippen LogP contribution >= 0.6 is 0 Å². The molecule has 0 aliphatic rings. The second kappa shape index (κ2) is 4.51. The molecule has 14 heavy (non-hydrogen) atoms. The lowest BCUT2D eigenvalue weighted by Gasteiger charge is -2.22. The zero-order chi connectivity index (χ0) is 10.7. The summed E-state index contributed by atoms with van der Waals surface area (Å²) in [7, 11) is 0. The predicted molar refractivity (Wildman–Crippen MR) is 55.1 cm³/mol. The van der Waals surface area contributed by atoms with Crippen LogP contribution in [-0.2, 0) is 0 Å². The smallest absolute Gasteiger partial charge is 0.141 e. The third-order valence-corrected chi connectivity index (χ3v) is 2.71. The molecule has 0 radical (unpaired) electrons. The van der Waals surface area contributed by atoms with E-state index in [1.165, 1.54) is 12.3 Å². The lowest BCUT2D eigenvalue weighted by Crippen LogP contribution is -2.24. The van der Waals surface area contributed by atoms with Gasteiger partial charge in [0, 0.05) is 6.04 Å². The van der Waals surface area contributed by atoms with Gasteiger partial charge < -0.3 is 5.73 Å². The Bertz CT molecular complexity index is 282. The van der Waals surface area contributed by atoms with Crippen molar-refractivity contribution in [2.24, 2.45) is 17.6 Å². The van der Waals surface area contributed by atoms with Gasteiger partial charge in [-0.1, -0.05) is 20.8 Å². The molecule has 2 unspecified atom stereocenters. The predicted octanol–water partition coefficient (Wildman–Crippen LogP) is 2.51. The van der Waals surface area contributed by atoms with Crippen molar-refractivity contribution in [3.63, 3.8) is 0 Å². The highest BCUT2D eigenvalue weighted by Crippen LogP contribution is 2.23. The number of nitrogens with zero attached hydrogens (tertiary/aromatic N) is 1. The van der Waals surface area contributed by atoms with E-state index in [0.29, 0.717) is 11.8 Å². The molecule has 1 rings (SSSR count). The molecule has 2 nitrogen and oxygen atoms in total. The molecular weight excluding hydrogens is 179 g/mol. The standard InChI is InChI=1S/C11H17FN2/c1-7(2)8(3)11(13)10-5-4-9(12)6-14-10/h4-8,11H,13H2,1-3H3. The Balaban J connectivity index is 2.78. The second-order valence-corrected chi connectivity index (χ2v) is 4.03. The van der Waals surface area contributed by atoms with Gasteiger partial charge in [0.25, 0.3) is 0 Å². The Kier molecular flexibility index (Phi) is 3.58. The minimum Gasteiger partial charge on any atom is -0.322 e. The molecule has 0 fully saturated rings. The first-order valence-corrected chi connectivity index (χ1v) is 4.89. The van der Waals surface area contributed by atoms with Crippen molar-refractivity contribution in [1.29, 1.82) is 0 Å². The minimum absolute atomic E-state index is 0.115. The van der Waals surface area contributed by atoms with E-state index in [1.807, 2.05) is 0 Å². The van der Waals surface area contributed by atoms with E-state index < -0.39 is 0 Å². The van der Waals surface area contributed by atoms with Gasteiger partial charge >= 0.3 is 0 Å². The SMILES string of the molecule is CC(C)C(C)C(N)c1ccc(F)cn1. The van der Waals surface area contributed by atoms with E-state index in [2.05, 4.69) is 25.8 Å². The average Bonchev–Trinajstić information content (AvgIpc) is 2.16. The number of nitrogens with two attached hydrogens (primary N) is 1. The van der Waals surface area contributed by atoms with Crippen molar-refractivity contribution < 1.29 is 4.39 Å². The number of pyridine rings is 1. The summed E-state index contributed by atoms with van der Waals surface area (Å²) >= 11 is 0. The van der Waals surface area contributed by atoms with Crippen molar-refractivity contribution in [3.05, 3.63) is 29.8 Å². The number of rotatable bonds is 3. The van der Waals surface area contributed by atoms with Gasteiger partial charge in [0.05, 0.1) is 11.9 Å². The average molecular weight is 196 g/mol. The number of halogens is 1. The Labute approximate surface area is 84.3 Å². The van der Waals surface area contributed by atoms with E-state index in [0.717, 1.165) is 5.69 Å².